The number of carbonyl (C=O) groups is 2. The van der Waals surface area contributed by atoms with Crippen LogP contribution in [0.25, 0.3) is 0 Å². The van der Waals surface area contributed by atoms with Crippen LogP contribution in [0.5, 0.6) is 5.75 Å². The lowest BCUT2D eigenvalue weighted by Gasteiger charge is -2.11. The number of aromatic nitrogens is 2. The number of aryl methyl sites for hydroxylation is 1. The maximum absolute atomic E-state index is 12.9. The minimum absolute atomic E-state index is 0.138. The SMILES string of the molecule is CCn1cc(NC(=O)c2cccc(COc3c(Cl)cc(Cl)cc3Cl)c2)c(C(=O)NCC(C)C)n1. The zero-order valence-electron chi connectivity index (χ0n) is 19.0. The predicted octanol–water partition coefficient (Wildman–Crippen LogP) is 6.08. The second kappa shape index (κ2) is 11.6. The van der Waals surface area contributed by atoms with Crippen molar-refractivity contribution in [1.29, 1.82) is 0 Å². The topological polar surface area (TPSA) is 85.2 Å². The molecule has 0 atom stereocenters. The molecule has 0 bridgehead atoms. The second-order valence-electron chi connectivity index (χ2n) is 7.99. The van der Waals surface area contributed by atoms with Gasteiger partial charge in [0.1, 0.15) is 6.61 Å². The Morgan fingerprint density at radius 3 is 2.44 bits per heavy atom. The van der Waals surface area contributed by atoms with Crippen molar-refractivity contribution < 1.29 is 14.3 Å². The highest BCUT2D eigenvalue weighted by Gasteiger charge is 2.19. The summed E-state index contributed by atoms with van der Waals surface area (Å²) < 4.78 is 7.36. The summed E-state index contributed by atoms with van der Waals surface area (Å²) >= 11 is 18.3. The molecular weight excluding hydrogens is 499 g/mol. The van der Waals surface area contributed by atoms with Gasteiger partial charge in [-0.15, -0.1) is 0 Å². The number of rotatable bonds is 9. The van der Waals surface area contributed by atoms with E-state index in [1.54, 1.807) is 41.2 Å². The van der Waals surface area contributed by atoms with Gasteiger partial charge in [0.2, 0.25) is 0 Å². The Balaban J connectivity index is 1.73. The molecule has 2 N–H and O–H groups in total. The van der Waals surface area contributed by atoms with E-state index >= 15 is 0 Å². The molecule has 0 unspecified atom stereocenters. The molecule has 3 aromatic rings. The van der Waals surface area contributed by atoms with Gasteiger partial charge in [0.05, 0.1) is 15.7 Å². The first kappa shape index (κ1) is 25.9. The van der Waals surface area contributed by atoms with Gasteiger partial charge in [-0.05, 0) is 42.7 Å². The standard InChI is InChI=1S/C24H25Cl3N4O3/c1-4-31-12-20(21(30-31)24(33)28-11-14(2)3)29-23(32)16-7-5-6-15(8-16)13-34-22-18(26)9-17(25)10-19(22)27/h5-10,12,14H,4,11,13H2,1-3H3,(H,28,33)(H,29,32). The van der Waals surface area contributed by atoms with Crippen molar-refractivity contribution in [3.05, 3.63) is 74.5 Å². The summed E-state index contributed by atoms with van der Waals surface area (Å²) in [5, 5.41) is 10.9. The van der Waals surface area contributed by atoms with Crippen LogP contribution in [-0.4, -0.2) is 28.1 Å². The number of benzene rings is 2. The fourth-order valence-electron chi connectivity index (χ4n) is 3.04. The van der Waals surface area contributed by atoms with Gasteiger partial charge >= 0.3 is 0 Å². The average molecular weight is 524 g/mol. The maximum Gasteiger partial charge on any atom is 0.273 e. The van der Waals surface area contributed by atoms with Crippen molar-refractivity contribution in [2.24, 2.45) is 5.92 Å². The second-order valence-corrected chi connectivity index (χ2v) is 9.24. The van der Waals surface area contributed by atoms with Crippen LogP contribution in [-0.2, 0) is 13.2 Å². The third-order valence-corrected chi connectivity index (χ3v) is 5.53. The van der Waals surface area contributed by atoms with Gasteiger partial charge in [0.15, 0.2) is 11.4 Å². The molecule has 3 rings (SSSR count). The third kappa shape index (κ3) is 6.65. The van der Waals surface area contributed by atoms with Gasteiger partial charge in [-0.2, -0.15) is 5.10 Å². The minimum Gasteiger partial charge on any atom is -0.486 e. The molecule has 0 saturated heterocycles. The van der Waals surface area contributed by atoms with E-state index in [-0.39, 0.29) is 30.0 Å². The number of nitrogens with one attached hydrogen (secondary N) is 2. The van der Waals surface area contributed by atoms with Gasteiger partial charge in [0, 0.05) is 29.9 Å². The summed E-state index contributed by atoms with van der Waals surface area (Å²) in [6, 6.07) is 10.00. The first-order chi connectivity index (χ1) is 16.2. The van der Waals surface area contributed by atoms with Gasteiger partial charge < -0.3 is 15.4 Å². The van der Waals surface area contributed by atoms with Crippen molar-refractivity contribution in [3.8, 4) is 5.75 Å². The van der Waals surface area contributed by atoms with E-state index in [2.05, 4.69) is 15.7 Å². The van der Waals surface area contributed by atoms with Gasteiger partial charge in [-0.25, -0.2) is 0 Å². The van der Waals surface area contributed by atoms with E-state index in [0.29, 0.717) is 45.2 Å². The summed E-state index contributed by atoms with van der Waals surface area (Å²) in [7, 11) is 0. The summed E-state index contributed by atoms with van der Waals surface area (Å²) in [4.78, 5) is 25.5. The average Bonchev–Trinajstić information content (AvgIpc) is 3.19. The quantitative estimate of drug-likeness (QED) is 0.356. The number of hydrogen-bond donors (Lipinski definition) is 2. The van der Waals surface area contributed by atoms with Crippen molar-refractivity contribution in [2.75, 3.05) is 11.9 Å². The monoisotopic (exact) mass is 522 g/mol. The van der Waals surface area contributed by atoms with Gasteiger partial charge in [-0.3, -0.25) is 14.3 Å². The molecule has 0 aliphatic carbocycles. The number of hydrogen-bond acceptors (Lipinski definition) is 4. The molecule has 2 amide bonds. The molecule has 1 heterocycles. The summed E-state index contributed by atoms with van der Waals surface area (Å²) in [6.07, 6.45) is 1.64. The van der Waals surface area contributed by atoms with Gasteiger partial charge in [0.25, 0.3) is 11.8 Å². The predicted molar refractivity (Wildman–Crippen MR) is 135 cm³/mol. The summed E-state index contributed by atoms with van der Waals surface area (Å²) in [6.45, 7) is 7.10. The third-order valence-electron chi connectivity index (χ3n) is 4.76. The van der Waals surface area contributed by atoms with Crippen LogP contribution in [0.1, 0.15) is 47.2 Å². The molecule has 1 aromatic heterocycles. The summed E-state index contributed by atoms with van der Waals surface area (Å²) in [5.41, 5.74) is 1.64. The fourth-order valence-corrected chi connectivity index (χ4v) is 3.97. The lowest BCUT2D eigenvalue weighted by molar-refractivity contribution is 0.0944. The van der Waals surface area contributed by atoms with Crippen LogP contribution in [0.2, 0.25) is 15.1 Å². The van der Waals surface area contributed by atoms with E-state index < -0.39 is 0 Å². The normalized spacial score (nSPS) is 10.9. The zero-order chi connectivity index (χ0) is 24.8. The highest BCUT2D eigenvalue weighted by atomic mass is 35.5. The molecule has 10 heteroatoms. The zero-order valence-corrected chi connectivity index (χ0v) is 21.3. The Kier molecular flexibility index (Phi) is 8.83. The van der Waals surface area contributed by atoms with Crippen molar-refractivity contribution >= 4 is 52.3 Å². The van der Waals surface area contributed by atoms with Crippen LogP contribution in [0.15, 0.2) is 42.6 Å². The maximum atomic E-state index is 12.9. The number of anilines is 1. The molecule has 0 aliphatic rings. The fraction of sp³-hybridized carbons (Fsp3) is 0.292. The van der Waals surface area contributed by atoms with E-state index in [0.717, 1.165) is 5.56 Å². The molecule has 0 fully saturated rings. The Morgan fingerprint density at radius 1 is 1.09 bits per heavy atom. The highest BCUT2D eigenvalue weighted by Crippen LogP contribution is 2.36. The first-order valence-electron chi connectivity index (χ1n) is 10.7. The largest absolute Gasteiger partial charge is 0.486 e. The Hall–Kier alpha value is -2.74. The molecule has 0 radical (unpaired) electrons. The smallest absolute Gasteiger partial charge is 0.273 e. The number of halogens is 3. The number of amides is 2. The van der Waals surface area contributed by atoms with Crippen LogP contribution < -0.4 is 15.4 Å². The lowest BCUT2D eigenvalue weighted by atomic mass is 10.1. The molecule has 0 spiro atoms. The molecule has 180 valence electrons. The van der Waals surface area contributed by atoms with E-state index in [9.17, 15) is 9.59 Å². The number of ether oxygens (including phenoxy) is 1. The van der Waals surface area contributed by atoms with Crippen molar-refractivity contribution in [1.82, 2.24) is 15.1 Å². The van der Waals surface area contributed by atoms with E-state index in [4.69, 9.17) is 39.5 Å². The number of carbonyl (C=O) groups excluding carboxylic acids is 2. The van der Waals surface area contributed by atoms with Crippen LogP contribution >= 0.6 is 34.8 Å². The Morgan fingerprint density at radius 2 is 1.79 bits per heavy atom. The lowest BCUT2D eigenvalue weighted by Crippen LogP contribution is -2.28. The highest BCUT2D eigenvalue weighted by molar-refractivity contribution is 6.40. The molecular formula is C24H25Cl3N4O3. The molecule has 2 aromatic carbocycles. The number of nitrogens with zero attached hydrogens (tertiary/aromatic N) is 2. The van der Waals surface area contributed by atoms with Crippen LogP contribution in [0, 0.1) is 5.92 Å². The van der Waals surface area contributed by atoms with Crippen LogP contribution in [0.3, 0.4) is 0 Å². The molecule has 7 nitrogen and oxygen atoms in total. The van der Waals surface area contributed by atoms with Crippen molar-refractivity contribution in [3.63, 3.8) is 0 Å². The molecule has 0 saturated carbocycles. The van der Waals surface area contributed by atoms with Crippen molar-refractivity contribution in [2.45, 2.75) is 33.9 Å². The minimum atomic E-state index is -0.377. The van der Waals surface area contributed by atoms with Crippen LogP contribution in [0.4, 0.5) is 5.69 Å². The summed E-state index contributed by atoms with van der Waals surface area (Å²) in [5.74, 6) is -0.113. The molecule has 0 aliphatic heterocycles. The molecule has 34 heavy (non-hydrogen) atoms. The van der Waals surface area contributed by atoms with Gasteiger partial charge in [-0.1, -0.05) is 60.8 Å². The Labute approximate surface area is 213 Å². The van der Waals surface area contributed by atoms with E-state index in [1.165, 1.54) is 0 Å². The first-order valence-corrected chi connectivity index (χ1v) is 11.8. The van der Waals surface area contributed by atoms with E-state index in [1.807, 2.05) is 26.8 Å². The Bertz CT molecular complexity index is 1170.